The van der Waals surface area contributed by atoms with Gasteiger partial charge in [0.25, 0.3) is 5.69 Å². The van der Waals surface area contributed by atoms with Crippen LogP contribution in [0.25, 0.3) is 0 Å². The number of nitriles is 1. The topological polar surface area (TPSA) is 103 Å². The summed E-state index contributed by atoms with van der Waals surface area (Å²) in [4.78, 5) is 10.6. The van der Waals surface area contributed by atoms with Crippen molar-refractivity contribution >= 4 is 18.3 Å². The Kier molecular flexibility index (Phi) is 4.81. The number of thiol groups is 1. The van der Waals surface area contributed by atoms with Crippen LogP contribution in [0.5, 0.6) is 0 Å². The molecule has 2 heterocycles. The zero-order valence-electron chi connectivity index (χ0n) is 15.8. The normalized spacial score (nSPS) is 26.6. The molecule has 0 unspecified atom stereocenters. The molecule has 1 aromatic heterocycles. The van der Waals surface area contributed by atoms with Gasteiger partial charge < -0.3 is 10.4 Å². The molecule has 4 rings (SSSR count). The summed E-state index contributed by atoms with van der Waals surface area (Å²) in [5, 5.41) is 36.1. The Hall–Kier alpha value is -2.89. The monoisotopic (exact) mass is 409 g/mol. The number of aliphatic hydroxyl groups is 1. The van der Waals surface area contributed by atoms with Gasteiger partial charge in [-0.05, 0) is 31.4 Å². The Morgan fingerprint density at radius 2 is 2.03 bits per heavy atom. The van der Waals surface area contributed by atoms with Crippen molar-refractivity contribution in [1.29, 1.82) is 5.26 Å². The molecule has 8 heteroatoms. The largest absolute Gasteiger partial charge is 0.365 e. The van der Waals surface area contributed by atoms with Crippen molar-refractivity contribution < 1.29 is 14.6 Å². The molecule has 3 atom stereocenters. The van der Waals surface area contributed by atoms with Gasteiger partial charge in [0.05, 0.1) is 27.5 Å². The third kappa shape index (κ3) is 3.37. The van der Waals surface area contributed by atoms with Crippen LogP contribution >= 0.6 is 12.6 Å². The minimum absolute atomic E-state index is 0.0199. The molecule has 1 aliphatic heterocycles. The Labute approximate surface area is 173 Å². The third-order valence-corrected chi connectivity index (χ3v) is 6.08. The SMILES string of the molecule is Cc1ccc[n+]([C@H]2[C@@H](c3ccc([N+](=O)[O-])cc3)C(C#N)=C(S)N[C@@]2(O)C2CC2)c1. The highest BCUT2D eigenvalue weighted by molar-refractivity contribution is 7.84. The predicted octanol–water partition coefficient (Wildman–Crippen LogP) is 2.88. The van der Waals surface area contributed by atoms with Crippen LogP contribution in [-0.4, -0.2) is 15.8 Å². The Morgan fingerprint density at radius 3 is 2.59 bits per heavy atom. The van der Waals surface area contributed by atoms with Gasteiger partial charge in [-0.1, -0.05) is 12.1 Å². The summed E-state index contributed by atoms with van der Waals surface area (Å²) >= 11 is 4.48. The second kappa shape index (κ2) is 7.17. The minimum Gasteiger partial charge on any atom is -0.365 e. The molecule has 1 saturated carbocycles. The standard InChI is InChI=1S/C21H20N4O3S/c1-13-3-2-10-24(12-13)19-18(14-4-8-16(9-5-14)25(27)28)17(11-22)20(29)23-21(19,26)15-6-7-15/h2-5,8-10,12,15,18-19,23,26H,6-7H2,1H3/p+1/t18-,19-,21+/m0/s1. The number of pyridine rings is 1. The summed E-state index contributed by atoms with van der Waals surface area (Å²) in [5.41, 5.74) is 0.827. The molecular formula is C21H21N4O3S+. The molecule has 29 heavy (non-hydrogen) atoms. The summed E-state index contributed by atoms with van der Waals surface area (Å²) < 4.78 is 1.93. The number of nitrogens with one attached hydrogen (secondary N) is 1. The maximum atomic E-state index is 11.7. The lowest BCUT2D eigenvalue weighted by Gasteiger charge is -2.42. The quantitative estimate of drug-likeness (QED) is 0.312. The Bertz CT molecular complexity index is 1040. The summed E-state index contributed by atoms with van der Waals surface area (Å²) in [5.74, 6) is -0.476. The number of rotatable bonds is 4. The van der Waals surface area contributed by atoms with Gasteiger partial charge in [-0.2, -0.15) is 9.83 Å². The van der Waals surface area contributed by atoms with Crippen molar-refractivity contribution in [1.82, 2.24) is 5.32 Å². The van der Waals surface area contributed by atoms with E-state index in [1.54, 1.807) is 12.1 Å². The van der Waals surface area contributed by atoms with E-state index in [9.17, 15) is 20.5 Å². The average Bonchev–Trinajstić information content (AvgIpc) is 3.53. The number of benzene rings is 1. The van der Waals surface area contributed by atoms with E-state index in [0.717, 1.165) is 24.0 Å². The second-order valence-electron chi connectivity index (χ2n) is 7.70. The van der Waals surface area contributed by atoms with Crippen LogP contribution in [0.15, 0.2) is 59.4 Å². The van der Waals surface area contributed by atoms with Gasteiger partial charge in [-0.3, -0.25) is 10.1 Å². The molecule has 7 nitrogen and oxygen atoms in total. The van der Waals surface area contributed by atoms with E-state index in [1.165, 1.54) is 12.1 Å². The Morgan fingerprint density at radius 1 is 1.34 bits per heavy atom. The van der Waals surface area contributed by atoms with Gasteiger partial charge >= 0.3 is 0 Å². The van der Waals surface area contributed by atoms with Crippen molar-refractivity contribution in [3.8, 4) is 6.07 Å². The van der Waals surface area contributed by atoms with E-state index in [2.05, 4.69) is 24.0 Å². The summed E-state index contributed by atoms with van der Waals surface area (Å²) in [7, 11) is 0. The number of aromatic nitrogens is 1. The lowest BCUT2D eigenvalue weighted by molar-refractivity contribution is -0.742. The van der Waals surface area contributed by atoms with E-state index in [-0.39, 0.29) is 11.6 Å². The summed E-state index contributed by atoms with van der Waals surface area (Å²) in [6, 6.07) is 11.8. The maximum Gasteiger partial charge on any atom is 0.269 e. The molecule has 0 bridgehead atoms. The van der Waals surface area contributed by atoms with Crippen molar-refractivity contribution in [2.75, 3.05) is 0 Å². The van der Waals surface area contributed by atoms with E-state index in [0.29, 0.717) is 10.6 Å². The van der Waals surface area contributed by atoms with E-state index in [4.69, 9.17) is 0 Å². The fourth-order valence-corrected chi connectivity index (χ4v) is 4.59. The lowest BCUT2D eigenvalue weighted by Crippen LogP contribution is -2.65. The van der Waals surface area contributed by atoms with Gasteiger partial charge in [-0.15, -0.1) is 12.6 Å². The molecular weight excluding hydrogens is 388 g/mol. The summed E-state index contributed by atoms with van der Waals surface area (Å²) in [6.45, 7) is 1.97. The minimum atomic E-state index is -1.29. The van der Waals surface area contributed by atoms with Gasteiger partial charge in [0, 0.05) is 29.7 Å². The zero-order chi connectivity index (χ0) is 20.8. The van der Waals surface area contributed by atoms with Gasteiger partial charge in [-0.25, -0.2) is 0 Å². The number of non-ortho nitro benzene ring substituents is 1. The van der Waals surface area contributed by atoms with Crippen molar-refractivity contribution in [3.05, 3.63) is 80.6 Å². The molecule has 1 aliphatic carbocycles. The molecule has 0 amide bonds. The van der Waals surface area contributed by atoms with E-state index >= 15 is 0 Å². The molecule has 0 spiro atoms. The van der Waals surface area contributed by atoms with Crippen LogP contribution in [0.2, 0.25) is 0 Å². The Balaban J connectivity index is 1.92. The first-order valence-electron chi connectivity index (χ1n) is 9.40. The van der Waals surface area contributed by atoms with Crippen LogP contribution in [0.1, 0.15) is 35.9 Å². The molecule has 0 radical (unpaired) electrons. The first-order valence-corrected chi connectivity index (χ1v) is 9.85. The van der Waals surface area contributed by atoms with Crippen LogP contribution in [0.4, 0.5) is 5.69 Å². The molecule has 1 fully saturated rings. The van der Waals surface area contributed by atoms with Gasteiger partial charge in [0.2, 0.25) is 11.8 Å². The number of hydrogen-bond acceptors (Lipinski definition) is 6. The first kappa shape index (κ1) is 19.4. The van der Waals surface area contributed by atoms with Crippen LogP contribution in [-0.2, 0) is 0 Å². The zero-order valence-corrected chi connectivity index (χ0v) is 16.7. The van der Waals surface area contributed by atoms with Crippen molar-refractivity contribution in [2.45, 2.75) is 37.5 Å². The van der Waals surface area contributed by atoms with Gasteiger partial charge in [0.1, 0.15) is 0 Å². The maximum absolute atomic E-state index is 11.7. The van der Waals surface area contributed by atoms with E-state index < -0.39 is 22.6 Å². The van der Waals surface area contributed by atoms with Crippen LogP contribution in [0, 0.1) is 34.3 Å². The smallest absolute Gasteiger partial charge is 0.269 e. The van der Waals surface area contributed by atoms with Crippen molar-refractivity contribution in [2.24, 2.45) is 5.92 Å². The summed E-state index contributed by atoms with van der Waals surface area (Å²) in [6.07, 6.45) is 5.57. The highest BCUT2D eigenvalue weighted by atomic mass is 32.1. The average molecular weight is 409 g/mol. The van der Waals surface area contributed by atoms with E-state index in [1.807, 2.05) is 36.0 Å². The van der Waals surface area contributed by atoms with Crippen LogP contribution < -0.4 is 9.88 Å². The number of nitro benzene ring substituents is 1. The fourth-order valence-electron chi connectivity index (χ4n) is 4.22. The predicted molar refractivity (Wildman–Crippen MR) is 109 cm³/mol. The van der Waals surface area contributed by atoms with Crippen molar-refractivity contribution in [3.63, 3.8) is 0 Å². The number of allylic oxidation sites excluding steroid dienone is 1. The molecule has 148 valence electrons. The number of nitrogens with zero attached hydrogens (tertiary/aromatic N) is 3. The number of hydrogen-bond donors (Lipinski definition) is 3. The number of nitro groups is 1. The third-order valence-electron chi connectivity index (χ3n) is 5.73. The molecule has 1 aromatic carbocycles. The second-order valence-corrected chi connectivity index (χ2v) is 8.15. The van der Waals surface area contributed by atoms with Crippen LogP contribution in [0.3, 0.4) is 0 Å². The fraction of sp³-hybridized carbons (Fsp3) is 0.333. The number of aryl methyl sites for hydroxylation is 1. The lowest BCUT2D eigenvalue weighted by atomic mass is 9.76. The molecule has 2 aliphatic rings. The molecule has 0 saturated heterocycles. The van der Waals surface area contributed by atoms with Gasteiger partial charge in [0.15, 0.2) is 12.4 Å². The molecule has 2 aromatic rings. The molecule has 2 N–H and O–H groups in total. The highest BCUT2D eigenvalue weighted by Gasteiger charge is 2.60. The first-order chi connectivity index (χ1) is 13.8. The highest BCUT2D eigenvalue weighted by Crippen LogP contribution is 2.52.